The number of nitrogens with one attached hydrogen (secondary N) is 1. The van der Waals surface area contributed by atoms with E-state index in [1.807, 2.05) is 30.3 Å². The third kappa shape index (κ3) is 3.33. The standard InChI is InChI=1S/C17H18N2O2/c18-10-15-6-7-16(21-15)12-19-11-14-8-9-20-17(14)13-4-2-1-3-5-13/h1-7,14,17,19H,8-9,11-12H2/t14-,17-/m1/s1. The maximum Gasteiger partial charge on any atom is 0.203 e. The van der Waals surface area contributed by atoms with Crippen molar-refractivity contribution in [3.63, 3.8) is 0 Å². The Kier molecular flexibility index (Phi) is 4.34. The SMILES string of the molecule is N#Cc1ccc(CNC[C@H]2CCO[C@@H]2c2ccccc2)o1. The predicted octanol–water partition coefficient (Wildman–Crippen LogP) is 3.02. The average molecular weight is 282 g/mol. The van der Waals surface area contributed by atoms with E-state index in [4.69, 9.17) is 14.4 Å². The van der Waals surface area contributed by atoms with E-state index in [-0.39, 0.29) is 6.10 Å². The summed E-state index contributed by atoms with van der Waals surface area (Å²) < 4.78 is 11.2. The number of furan rings is 1. The molecule has 0 bridgehead atoms. The van der Waals surface area contributed by atoms with E-state index in [2.05, 4.69) is 17.4 Å². The van der Waals surface area contributed by atoms with E-state index in [9.17, 15) is 0 Å². The number of benzene rings is 1. The quantitative estimate of drug-likeness (QED) is 0.915. The molecule has 1 saturated heterocycles. The van der Waals surface area contributed by atoms with E-state index in [1.165, 1.54) is 5.56 Å². The van der Waals surface area contributed by atoms with Crippen LogP contribution in [0.25, 0.3) is 0 Å². The monoisotopic (exact) mass is 282 g/mol. The molecule has 3 rings (SSSR count). The summed E-state index contributed by atoms with van der Waals surface area (Å²) in [6.07, 6.45) is 1.23. The van der Waals surface area contributed by atoms with Crippen LogP contribution in [-0.2, 0) is 11.3 Å². The third-order valence-corrected chi connectivity index (χ3v) is 3.82. The molecule has 0 unspecified atom stereocenters. The summed E-state index contributed by atoms with van der Waals surface area (Å²) in [5.74, 6) is 1.62. The van der Waals surface area contributed by atoms with Crippen LogP contribution in [0.1, 0.15) is 29.6 Å². The molecule has 1 aromatic carbocycles. The Hall–Kier alpha value is -2.09. The summed E-state index contributed by atoms with van der Waals surface area (Å²) in [5, 5.41) is 12.1. The lowest BCUT2D eigenvalue weighted by atomic mass is 9.95. The van der Waals surface area contributed by atoms with E-state index < -0.39 is 0 Å². The number of ether oxygens (including phenoxy) is 1. The fraction of sp³-hybridized carbons (Fsp3) is 0.353. The van der Waals surface area contributed by atoms with Gasteiger partial charge in [0.1, 0.15) is 11.8 Å². The lowest BCUT2D eigenvalue weighted by molar-refractivity contribution is 0.0903. The second-order valence-corrected chi connectivity index (χ2v) is 5.26. The number of nitriles is 1. The molecule has 2 atom stereocenters. The van der Waals surface area contributed by atoms with Gasteiger partial charge >= 0.3 is 0 Å². The minimum Gasteiger partial charge on any atom is -0.449 e. The van der Waals surface area contributed by atoms with Gasteiger partial charge in [0, 0.05) is 19.1 Å². The Labute approximate surface area is 124 Å². The molecule has 1 aliphatic heterocycles. The first kappa shape index (κ1) is 13.9. The van der Waals surface area contributed by atoms with E-state index in [0.29, 0.717) is 18.2 Å². The predicted molar refractivity (Wildman–Crippen MR) is 78.4 cm³/mol. The first-order valence-electron chi connectivity index (χ1n) is 7.23. The smallest absolute Gasteiger partial charge is 0.203 e. The highest BCUT2D eigenvalue weighted by atomic mass is 16.5. The lowest BCUT2D eigenvalue weighted by Gasteiger charge is -2.19. The van der Waals surface area contributed by atoms with Gasteiger partial charge in [0.15, 0.2) is 0 Å². The fourth-order valence-electron chi connectivity index (χ4n) is 2.77. The summed E-state index contributed by atoms with van der Waals surface area (Å²) in [7, 11) is 0. The van der Waals surface area contributed by atoms with Crippen molar-refractivity contribution in [3.8, 4) is 6.07 Å². The minimum atomic E-state index is 0.171. The van der Waals surface area contributed by atoms with Crippen LogP contribution in [0.5, 0.6) is 0 Å². The van der Waals surface area contributed by atoms with Crippen molar-refractivity contribution in [2.75, 3.05) is 13.2 Å². The summed E-state index contributed by atoms with van der Waals surface area (Å²) in [4.78, 5) is 0. The van der Waals surface area contributed by atoms with Crippen molar-refractivity contribution in [3.05, 3.63) is 59.5 Å². The zero-order valence-corrected chi connectivity index (χ0v) is 11.8. The molecule has 1 N–H and O–H groups in total. The van der Waals surface area contributed by atoms with Crippen LogP contribution in [0.2, 0.25) is 0 Å². The van der Waals surface area contributed by atoms with Gasteiger partial charge in [-0.05, 0) is 24.1 Å². The Bertz CT molecular complexity index is 615. The zero-order valence-electron chi connectivity index (χ0n) is 11.8. The van der Waals surface area contributed by atoms with Crippen LogP contribution in [0.3, 0.4) is 0 Å². The summed E-state index contributed by atoms with van der Waals surface area (Å²) in [5.41, 5.74) is 1.24. The molecule has 1 fully saturated rings. The molecule has 108 valence electrons. The summed E-state index contributed by atoms with van der Waals surface area (Å²) in [6.45, 7) is 2.33. The van der Waals surface area contributed by atoms with Gasteiger partial charge in [-0.3, -0.25) is 0 Å². The van der Waals surface area contributed by atoms with Crippen LogP contribution in [-0.4, -0.2) is 13.2 Å². The van der Waals surface area contributed by atoms with Crippen molar-refractivity contribution in [1.82, 2.24) is 5.32 Å². The first-order valence-corrected chi connectivity index (χ1v) is 7.23. The van der Waals surface area contributed by atoms with Gasteiger partial charge < -0.3 is 14.5 Å². The van der Waals surface area contributed by atoms with Crippen molar-refractivity contribution < 1.29 is 9.15 Å². The molecule has 0 saturated carbocycles. The van der Waals surface area contributed by atoms with Crippen molar-refractivity contribution >= 4 is 0 Å². The molecule has 4 nitrogen and oxygen atoms in total. The van der Waals surface area contributed by atoms with Gasteiger partial charge in [0.25, 0.3) is 0 Å². The highest BCUT2D eigenvalue weighted by Crippen LogP contribution is 2.33. The van der Waals surface area contributed by atoms with Crippen molar-refractivity contribution in [1.29, 1.82) is 5.26 Å². The molecule has 1 aliphatic rings. The molecule has 0 spiro atoms. The van der Waals surface area contributed by atoms with Gasteiger partial charge in [-0.2, -0.15) is 5.26 Å². The number of hydrogen-bond donors (Lipinski definition) is 1. The van der Waals surface area contributed by atoms with E-state index >= 15 is 0 Å². The maximum absolute atomic E-state index is 8.73. The fourth-order valence-corrected chi connectivity index (χ4v) is 2.77. The number of nitrogens with zero attached hydrogens (tertiary/aromatic N) is 1. The average Bonchev–Trinajstić information content (AvgIpc) is 3.17. The number of hydrogen-bond acceptors (Lipinski definition) is 4. The van der Waals surface area contributed by atoms with Gasteiger partial charge in [-0.1, -0.05) is 30.3 Å². The Balaban J connectivity index is 1.54. The van der Waals surface area contributed by atoms with Gasteiger partial charge in [-0.25, -0.2) is 0 Å². The molecule has 0 radical (unpaired) electrons. The summed E-state index contributed by atoms with van der Waals surface area (Å²) >= 11 is 0. The molecule has 1 aromatic heterocycles. The van der Waals surface area contributed by atoms with E-state index in [0.717, 1.165) is 25.3 Å². The van der Waals surface area contributed by atoms with Crippen LogP contribution >= 0.6 is 0 Å². The lowest BCUT2D eigenvalue weighted by Crippen LogP contribution is -2.24. The highest BCUT2D eigenvalue weighted by Gasteiger charge is 2.29. The second kappa shape index (κ2) is 6.57. The van der Waals surface area contributed by atoms with Crippen molar-refractivity contribution in [2.24, 2.45) is 5.92 Å². The van der Waals surface area contributed by atoms with Crippen LogP contribution in [0.4, 0.5) is 0 Å². The largest absolute Gasteiger partial charge is 0.449 e. The van der Waals surface area contributed by atoms with Gasteiger partial charge in [0.2, 0.25) is 5.76 Å². The van der Waals surface area contributed by atoms with Crippen LogP contribution in [0.15, 0.2) is 46.9 Å². The third-order valence-electron chi connectivity index (χ3n) is 3.82. The summed E-state index contributed by atoms with van der Waals surface area (Å²) in [6, 6.07) is 15.9. The molecule has 4 heteroatoms. The molecule has 0 aliphatic carbocycles. The zero-order chi connectivity index (χ0) is 14.5. The molecular formula is C17H18N2O2. The minimum absolute atomic E-state index is 0.171. The topological polar surface area (TPSA) is 58.2 Å². The van der Waals surface area contributed by atoms with Crippen LogP contribution < -0.4 is 5.32 Å². The molecular weight excluding hydrogens is 264 g/mol. The van der Waals surface area contributed by atoms with Crippen molar-refractivity contribution in [2.45, 2.75) is 19.1 Å². The Morgan fingerprint density at radius 3 is 2.81 bits per heavy atom. The van der Waals surface area contributed by atoms with Gasteiger partial charge in [0.05, 0.1) is 12.6 Å². The normalized spacial score (nSPS) is 21.3. The van der Waals surface area contributed by atoms with Crippen LogP contribution in [0, 0.1) is 17.2 Å². The molecule has 21 heavy (non-hydrogen) atoms. The maximum atomic E-state index is 8.73. The highest BCUT2D eigenvalue weighted by molar-refractivity contribution is 5.20. The number of rotatable bonds is 5. The first-order chi connectivity index (χ1) is 10.4. The van der Waals surface area contributed by atoms with E-state index in [1.54, 1.807) is 6.07 Å². The second-order valence-electron chi connectivity index (χ2n) is 5.26. The Morgan fingerprint density at radius 1 is 1.19 bits per heavy atom. The molecule has 2 aromatic rings. The molecule has 0 amide bonds. The van der Waals surface area contributed by atoms with Gasteiger partial charge in [-0.15, -0.1) is 0 Å². The molecule has 2 heterocycles. The Morgan fingerprint density at radius 2 is 2.05 bits per heavy atom.